The van der Waals surface area contributed by atoms with Crippen molar-refractivity contribution < 1.29 is 13.8 Å². The van der Waals surface area contributed by atoms with E-state index in [9.17, 15) is 0 Å². The van der Waals surface area contributed by atoms with Crippen molar-refractivity contribution in [2.45, 2.75) is 39.4 Å². The molecule has 0 bridgehead atoms. The third-order valence-electron chi connectivity index (χ3n) is 3.67. The molecule has 0 aliphatic heterocycles. The van der Waals surface area contributed by atoms with Gasteiger partial charge in [0.05, 0.1) is 12.3 Å². The molecular formula is C17H19N3O3. The monoisotopic (exact) mass is 313 g/mol. The molecule has 3 aromatic rings. The Morgan fingerprint density at radius 3 is 2.70 bits per heavy atom. The zero-order valence-electron chi connectivity index (χ0n) is 13.2. The summed E-state index contributed by atoms with van der Waals surface area (Å²) in [5, 5.41) is 7.94. The summed E-state index contributed by atoms with van der Waals surface area (Å²) >= 11 is 0. The molecule has 1 unspecified atom stereocenters. The first kappa shape index (κ1) is 15.4. The molecule has 1 atom stereocenters. The summed E-state index contributed by atoms with van der Waals surface area (Å²) in [6.45, 7) is 4.99. The molecule has 0 fully saturated rings. The van der Waals surface area contributed by atoms with Crippen LogP contribution in [0.25, 0.3) is 11.7 Å². The van der Waals surface area contributed by atoms with E-state index in [0.29, 0.717) is 30.0 Å². The van der Waals surface area contributed by atoms with Gasteiger partial charge in [0.15, 0.2) is 5.82 Å². The summed E-state index contributed by atoms with van der Waals surface area (Å²) in [5.74, 6) is 1.63. The van der Waals surface area contributed by atoms with Gasteiger partial charge in [0, 0.05) is 12.0 Å². The zero-order chi connectivity index (χ0) is 16.1. The molecule has 1 aromatic carbocycles. The molecule has 0 saturated carbocycles. The minimum atomic E-state index is 0.282. The Hall–Kier alpha value is -2.47. The highest BCUT2D eigenvalue weighted by Crippen LogP contribution is 2.24. The van der Waals surface area contributed by atoms with Crippen LogP contribution in [0.3, 0.4) is 0 Å². The van der Waals surface area contributed by atoms with Crippen LogP contribution in [0.15, 0.2) is 45.4 Å². The molecule has 0 radical (unpaired) electrons. The first-order valence-electron chi connectivity index (χ1n) is 7.67. The van der Waals surface area contributed by atoms with Gasteiger partial charge in [-0.2, -0.15) is 4.98 Å². The Labute approximate surface area is 134 Å². The van der Waals surface area contributed by atoms with Crippen molar-refractivity contribution in [3.8, 4) is 11.7 Å². The topological polar surface area (TPSA) is 74.2 Å². The van der Waals surface area contributed by atoms with Crippen LogP contribution in [0.1, 0.15) is 43.3 Å². The minimum absolute atomic E-state index is 0.282. The van der Waals surface area contributed by atoms with Crippen molar-refractivity contribution in [2.24, 2.45) is 0 Å². The summed E-state index contributed by atoms with van der Waals surface area (Å²) in [5.41, 5.74) is 1.99. The summed E-state index contributed by atoms with van der Waals surface area (Å²) in [6, 6.07) is 11.8. The van der Waals surface area contributed by atoms with Crippen LogP contribution >= 0.6 is 0 Å². The fourth-order valence-electron chi connectivity index (χ4n) is 2.08. The van der Waals surface area contributed by atoms with Gasteiger partial charge in [-0.1, -0.05) is 54.5 Å². The Morgan fingerprint density at radius 1 is 1.09 bits per heavy atom. The number of aromatic nitrogens is 3. The normalized spacial score (nSPS) is 12.4. The highest BCUT2D eigenvalue weighted by Gasteiger charge is 2.16. The van der Waals surface area contributed by atoms with E-state index in [1.165, 1.54) is 0 Å². The fraction of sp³-hybridized carbons (Fsp3) is 0.353. The quantitative estimate of drug-likeness (QED) is 0.657. The van der Waals surface area contributed by atoms with Gasteiger partial charge in [-0.05, 0) is 12.0 Å². The lowest BCUT2D eigenvalue weighted by Gasteiger charge is -2.00. The van der Waals surface area contributed by atoms with E-state index in [1.54, 1.807) is 0 Å². The first-order chi connectivity index (χ1) is 11.3. The molecule has 3 rings (SSSR count). The SMILES string of the molecule is CCC(C)c1cc(-c2nc(COCc3ccccc3)no2)on1. The molecule has 120 valence electrons. The average molecular weight is 313 g/mol. The third-order valence-corrected chi connectivity index (χ3v) is 3.67. The Kier molecular flexibility index (Phi) is 4.83. The van der Waals surface area contributed by atoms with E-state index < -0.39 is 0 Å². The van der Waals surface area contributed by atoms with Gasteiger partial charge >= 0.3 is 0 Å². The van der Waals surface area contributed by atoms with Gasteiger partial charge in [0.2, 0.25) is 5.76 Å². The number of benzene rings is 1. The van der Waals surface area contributed by atoms with Crippen LogP contribution in [0.4, 0.5) is 0 Å². The van der Waals surface area contributed by atoms with Crippen LogP contribution in [-0.4, -0.2) is 15.3 Å². The molecular weight excluding hydrogens is 294 g/mol. The van der Waals surface area contributed by atoms with Crippen molar-refractivity contribution in [1.29, 1.82) is 0 Å². The van der Waals surface area contributed by atoms with Gasteiger partial charge < -0.3 is 13.8 Å². The van der Waals surface area contributed by atoms with Gasteiger partial charge in [-0.25, -0.2) is 0 Å². The molecule has 0 spiro atoms. The summed E-state index contributed by atoms with van der Waals surface area (Å²) in [6.07, 6.45) is 0.994. The Morgan fingerprint density at radius 2 is 1.91 bits per heavy atom. The lowest BCUT2D eigenvalue weighted by Crippen LogP contribution is -1.95. The van der Waals surface area contributed by atoms with Crippen LogP contribution in [0.5, 0.6) is 0 Å². The average Bonchev–Trinajstić information content (AvgIpc) is 3.24. The molecule has 0 amide bonds. The second-order valence-corrected chi connectivity index (χ2v) is 5.42. The minimum Gasteiger partial charge on any atom is -0.369 e. The van der Waals surface area contributed by atoms with Gasteiger partial charge in [-0.15, -0.1) is 0 Å². The standard InChI is InChI=1S/C17H19N3O3/c1-3-12(2)14-9-15(22-19-14)17-18-16(20-23-17)11-21-10-13-7-5-4-6-8-13/h4-9,12H,3,10-11H2,1-2H3. The Balaban J connectivity index is 1.58. The second-order valence-electron chi connectivity index (χ2n) is 5.42. The van der Waals surface area contributed by atoms with E-state index >= 15 is 0 Å². The zero-order valence-corrected chi connectivity index (χ0v) is 13.2. The fourth-order valence-corrected chi connectivity index (χ4v) is 2.08. The highest BCUT2D eigenvalue weighted by molar-refractivity contribution is 5.44. The van der Waals surface area contributed by atoms with Crippen LogP contribution < -0.4 is 0 Å². The largest absolute Gasteiger partial charge is 0.369 e. The second kappa shape index (κ2) is 7.19. The van der Waals surface area contributed by atoms with Crippen molar-refractivity contribution >= 4 is 0 Å². The highest BCUT2D eigenvalue weighted by atomic mass is 16.5. The van der Waals surface area contributed by atoms with Gasteiger partial charge in [0.1, 0.15) is 6.61 Å². The molecule has 2 heterocycles. The number of hydrogen-bond donors (Lipinski definition) is 0. The number of nitrogens with zero attached hydrogens (tertiary/aromatic N) is 3. The van der Waals surface area contributed by atoms with Crippen LogP contribution in [-0.2, 0) is 18.0 Å². The van der Waals surface area contributed by atoms with Crippen molar-refractivity contribution in [3.05, 3.63) is 53.5 Å². The lowest BCUT2D eigenvalue weighted by molar-refractivity contribution is 0.0999. The van der Waals surface area contributed by atoms with Gasteiger partial charge in [-0.3, -0.25) is 0 Å². The smallest absolute Gasteiger partial charge is 0.296 e. The number of hydrogen-bond acceptors (Lipinski definition) is 6. The van der Waals surface area contributed by atoms with Crippen LogP contribution in [0, 0.1) is 0 Å². The maximum Gasteiger partial charge on any atom is 0.296 e. The molecule has 2 aromatic heterocycles. The molecule has 0 saturated heterocycles. The first-order valence-corrected chi connectivity index (χ1v) is 7.67. The molecule has 23 heavy (non-hydrogen) atoms. The maximum absolute atomic E-state index is 5.58. The summed E-state index contributed by atoms with van der Waals surface area (Å²) < 4.78 is 16.1. The predicted octanol–water partition coefficient (Wildman–Crippen LogP) is 3.95. The number of rotatable bonds is 7. The van der Waals surface area contributed by atoms with Gasteiger partial charge in [0.25, 0.3) is 5.89 Å². The van der Waals surface area contributed by atoms with Crippen molar-refractivity contribution in [3.63, 3.8) is 0 Å². The van der Waals surface area contributed by atoms with E-state index in [4.69, 9.17) is 13.8 Å². The van der Waals surface area contributed by atoms with Crippen molar-refractivity contribution in [1.82, 2.24) is 15.3 Å². The molecule has 0 aliphatic rings. The van der Waals surface area contributed by atoms with E-state index in [2.05, 4.69) is 29.1 Å². The summed E-state index contributed by atoms with van der Waals surface area (Å²) in [7, 11) is 0. The maximum atomic E-state index is 5.58. The van der Waals surface area contributed by atoms with Crippen molar-refractivity contribution in [2.75, 3.05) is 0 Å². The van der Waals surface area contributed by atoms with Crippen LogP contribution in [0.2, 0.25) is 0 Å². The Bertz CT molecular complexity index is 736. The van der Waals surface area contributed by atoms with E-state index in [-0.39, 0.29) is 6.61 Å². The third kappa shape index (κ3) is 3.84. The summed E-state index contributed by atoms with van der Waals surface area (Å²) in [4.78, 5) is 4.27. The van der Waals surface area contributed by atoms with E-state index in [1.807, 2.05) is 36.4 Å². The molecule has 0 N–H and O–H groups in total. The molecule has 6 heteroatoms. The lowest BCUT2D eigenvalue weighted by atomic mass is 10.1. The molecule has 6 nitrogen and oxygen atoms in total. The van der Waals surface area contributed by atoms with E-state index in [0.717, 1.165) is 17.7 Å². The number of ether oxygens (including phenoxy) is 1. The molecule has 0 aliphatic carbocycles. The predicted molar refractivity (Wildman–Crippen MR) is 83.4 cm³/mol.